The van der Waals surface area contributed by atoms with E-state index in [2.05, 4.69) is 20.6 Å². The third kappa shape index (κ3) is 4.68. The van der Waals surface area contributed by atoms with Gasteiger partial charge in [0.1, 0.15) is 11.6 Å². The number of benzene rings is 1. The standard InChI is InChI=1S/C14H13ClF4N4O/c1-7(6-24)20-13-22-11(14(17,18)19)5-12(23-13)21-8-2-3-10(16)9(15)4-8/h2-5,7,24H,6H2,1H3,(H2,20,21,22,23)/t7-/m1/s1. The topological polar surface area (TPSA) is 70.1 Å². The molecule has 0 saturated carbocycles. The summed E-state index contributed by atoms with van der Waals surface area (Å²) in [7, 11) is 0. The van der Waals surface area contributed by atoms with Gasteiger partial charge in [-0.25, -0.2) is 9.37 Å². The lowest BCUT2D eigenvalue weighted by Crippen LogP contribution is -2.22. The first-order chi connectivity index (χ1) is 11.2. The maximum absolute atomic E-state index is 13.1. The molecule has 0 saturated heterocycles. The van der Waals surface area contributed by atoms with Gasteiger partial charge in [0.2, 0.25) is 5.95 Å². The third-order valence-corrected chi connectivity index (χ3v) is 3.15. The summed E-state index contributed by atoms with van der Waals surface area (Å²) >= 11 is 5.63. The van der Waals surface area contributed by atoms with E-state index in [9.17, 15) is 17.6 Å². The summed E-state index contributed by atoms with van der Waals surface area (Å²) in [5.41, 5.74) is -0.907. The maximum Gasteiger partial charge on any atom is 0.433 e. The van der Waals surface area contributed by atoms with Gasteiger partial charge in [-0.2, -0.15) is 18.2 Å². The minimum Gasteiger partial charge on any atom is -0.394 e. The SMILES string of the molecule is C[C@H](CO)Nc1nc(Nc2ccc(F)c(Cl)c2)cc(C(F)(F)F)n1. The number of hydrogen-bond donors (Lipinski definition) is 3. The van der Waals surface area contributed by atoms with E-state index in [4.69, 9.17) is 16.7 Å². The molecule has 130 valence electrons. The summed E-state index contributed by atoms with van der Waals surface area (Å²) in [6.45, 7) is 1.24. The Morgan fingerprint density at radius 1 is 1.25 bits per heavy atom. The van der Waals surface area contributed by atoms with Crippen LogP contribution in [0.25, 0.3) is 0 Å². The predicted molar refractivity (Wildman–Crippen MR) is 81.9 cm³/mol. The fourth-order valence-electron chi connectivity index (χ4n) is 1.71. The van der Waals surface area contributed by atoms with Crippen molar-refractivity contribution in [1.82, 2.24) is 9.97 Å². The minimum atomic E-state index is -4.68. The second kappa shape index (κ2) is 7.18. The van der Waals surface area contributed by atoms with Crippen molar-refractivity contribution >= 4 is 29.1 Å². The third-order valence-electron chi connectivity index (χ3n) is 2.86. The summed E-state index contributed by atoms with van der Waals surface area (Å²) in [6.07, 6.45) is -4.68. The Morgan fingerprint density at radius 3 is 2.54 bits per heavy atom. The zero-order valence-electron chi connectivity index (χ0n) is 12.3. The summed E-state index contributed by atoms with van der Waals surface area (Å²) in [5, 5.41) is 14.0. The number of nitrogens with zero attached hydrogens (tertiary/aromatic N) is 2. The molecule has 3 N–H and O–H groups in total. The molecule has 1 aromatic heterocycles. The highest BCUT2D eigenvalue weighted by atomic mass is 35.5. The molecule has 10 heteroatoms. The fourth-order valence-corrected chi connectivity index (χ4v) is 1.89. The van der Waals surface area contributed by atoms with Crippen LogP contribution in [-0.2, 0) is 6.18 Å². The Balaban J connectivity index is 2.36. The monoisotopic (exact) mass is 364 g/mol. The average Bonchev–Trinajstić information content (AvgIpc) is 2.49. The van der Waals surface area contributed by atoms with Gasteiger partial charge in [-0.3, -0.25) is 0 Å². The van der Waals surface area contributed by atoms with Crippen LogP contribution in [-0.4, -0.2) is 27.7 Å². The highest BCUT2D eigenvalue weighted by Gasteiger charge is 2.34. The van der Waals surface area contributed by atoms with Crippen LogP contribution in [0, 0.1) is 5.82 Å². The lowest BCUT2D eigenvalue weighted by atomic mass is 10.3. The van der Waals surface area contributed by atoms with Crippen molar-refractivity contribution in [3.63, 3.8) is 0 Å². The lowest BCUT2D eigenvalue weighted by molar-refractivity contribution is -0.141. The Morgan fingerprint density at radius 2 is 1.96 bits per heavy atom. The fraction of sp³-hybridized carbons (Fsp3) is 0.286. The first-order valence-corrected chi connectivity index (χ1v) is 7.12. The van der Waals surface area contributed by atoms with E-state index >= 15 is 0 Å². The predicted octanol–water partition coefficient (Wildman–Crippen LogP) is 3.82. The molecular formula is C14H13ClF4N4O. The number of hydrogen-bond acceptors (Lipinski definition) is 5. The smallest absolute Gasteiger partial charge is 0.394 e. The van der Waals surface area contributed by atoms with Gasteiger partial charge in [0.15, 0.2) is 5.69 Å². The van der Waals surface area contributed by atoms with Crippen LogP contribution < -0.4 is 10.6 Å². The van der Waals surface area contributed by atoms with Crippen molar-refractivity contribution in [3.8, 4) is 0 Å². The van der Waals surface area contributed by atoms with Gasteiger partial charge in [-0.05, 0) is 25.1 Å². The molecule has 0 aliphatic heterocycles. The number of nitrogens with one attached hydrogen (secondary N) is 2. The molecule has 0 unspecified atom stereocenters. The molecular weight excluding hydrogens is 352 g/mol. The van der Waals surface area contributed by atoms with Gasteiger partial charge >= 0.3 is 6.18 Å². The first-order valence-electron chi connectivity index (χ1n) is 6.75. The Hall–Kier alpha value is -2.13. The van der Waals surface area contributed by atoms with E-state index in [-0.39, 0.29) is 29.1 Å². The van der Waals surface area contributed by atoms with Crippen molar-refractivity contribution in [1.29, 1.82) is 0 Å². The lowest BCUT2D eigenvalue weighted by Gasteiger charge is -2.15. The Kier molecular flexibility index (Phi) is 5.45. The molecule has 0 aliphatic carbocycles. The molecule has 1 heterocycles. The number of halogens is 5. The number of rotatable bonds is 5. The van der Waals surface area contributed by atoms with Gasteiger partial charge in [-0.1, -0.05) is 11.6 Å². The second-order valence-electron chi connectivity index (χ2n) is 4.94. The van der Waals surface area contributed by atoms with Crippen molar-refractivity contribution in [3.05, 3.63) is 40.8 Å². The normalized spacial score (nSPS) is 12.8. The van der Waals surface area contributed by atoms with Gasteiger partial charge in [0.25, 0.3) is 0 Å². The van der Waals surface area contributed by atoms with Crippen LogP contribution >= 0.6 is 11.6 Å². The van der Waals surface area contributed by atoms with E-state index in [1.165, 1.54) is 12.1 Å². The van der Waals surface area contributed by atoms with Crippen molar-refractivity contribution < 1.29 is 22.7 Å². The van der Waals surface area contributed by atoms with E-state index < -0.39 is 23.7 Å². The van der Waals surface area contributed by atoms with Crippen LogP contribution in [0.4, 0.5) is 35.0 Å². The quantitative estimate of drug-likeness (QED) is 0.703. The minimum absolute atomic E-state index is 0.160. The molecule has 0 radical (unpaired) electrons. The van der Waals surface area contributed by atoms with E-state index in [1.807, 2.05) is 0 Å². The molecule has 0 fully saturated rings. The molecule has 5 nitrogen and oxygen atoms in total. The van der Waals surface area contributed by atoms with Crippen LogP contribution in [0.3, 0.4) is 0 Å². The van der Waals surface area contributed by atoms with Crippen LogP contribution in [0.15, 0.2) is 24.3 Å². The van der Waals surface area contributed by atoms with Crippen molar-refractivity contribution in [2.24, 2.45) is 0 Å². The van der Waals surface area contributed by atoms with Gasteiger partial charge < -0.3 is 15.7 Å². The second-order valence-corrected chi connectivity index (χ2v) is 5.35. The van der Waals surface area contributed by atoms with Crippen molar-refractivity contribution in [2.45, 2.75) is 19.1 Å². The molecule has 1 atom stereocenters. The number of alkyl halides is 3. The first kappa shape index (κ1) is 18.2. The van der Waals surface area contributed by atoms with Gasteiger partial charge in [0, 0.05) is 17.8 Å². The van der Waals surface area contributed by atoms with Crippen LogP contribution in [0.1, 0.15) is 12.6 Å². The van der Waals surface area contributed by atoms with E-state index in [0.29, 0.717) is 6.07 Å². The molecule has 1 aromatic carbocycles. The number of aliphatic hydroxyl groups excluding tert-OH is 1. The van der Waals surface area contributed by atoms with E-state index in [0.717, 1.165) is 6.07 Å². The van der Waals surface area contributed by atoms with Crippen LogP contribution in [0.5, 0.6) is 0 Å². The molecule has 0 aliphatic rings. The summed E-state index contributed by atoms with van der Waals surface area (Å²) in [5.74, 6) is -1.12. The maximum atomic E-state index is 13.1. The highest BCUT2D eigenvalue weighted by molar-refractivity contribution is 6.31. The van der Waals surface area contributed by atoms with Gasteiger partial charge in [0.05, 0.1) is 11.6 Å². The highest BCUT2D eigenvalue weighted by Crippen LogP contribution is 2.31. The number of aromatic nitrogens is 2. The summed E-state index contributed by atoms with van der Waals surface area (Å²) in [4.78, 5) is 7.28. The summed E-state index contributed by atoms with van der Waals surface area (Å²) in [6, 6.07) is 3.77. The molecule has 0 spiro atoms. The zero-order valence-corrected chi connectivity index (χ0v) is 13.1. The van der Waals surface area contributed by atoms with Crippen molar-refractivity contribution in [2.75, 3.05) is 17.2 Å². The molecule has 24 heavy (non-hydrogen) atoms. The molecule has 0 amide bonds. The molecule has 2 rings (SSSR count). The Bertz CT molecular complexity index is 726. The van der Waals surface area contributed by atoms with Crippen LogP contribution in [0.2, 0.25) is 5.02 Å². The molecule has 0 bridgehead atoms. The van der Waals surface area contributed by atoms with Gasteiger partial charge in [-0.15, -0.1) is 0 Å². The van der Waals surface area contributed by atoms with E-state index in [1.54, 1.807) is 6.92 Å². The summed E-state index contributed by atoms with van der Waals surface area (Å²) < 4.78 is 52.0. The zero-order chi connectivity index (χ0) is 17.9. The number of aliphatic hydroxyl groups is 1. The Labute approximate surface area is 139 Å². The molecule has 2 aromatic rings. The largest absolute Gasteiger partial charge is 0.433 e. The number of anilines is 3. The average molecular weight is 365 g/mol.